The van der Waals surface area contributed by atoms with Crippen LogP contribution in [0.2, 0.25) is 5.02 Å². The van der Waals surface area contributed by atoms with Gasteiger partial charge in [-0.1, -0.05) is 17.7 Å². The van der Waals surface area contributed by atoms with E-state index in [0.717, 1.165) is 22.9 Å². The van der Waals surface area contributed by atoms with Gasteiger partial charge in [0.15, 0.2) is 6.23 Å². The van der Waals surface area contributed by atoms with E-state index < -0.39 is 61.6 Å². The highest BCUT2D eigenvalue weighted by Gasteiger charge is 2.54. The number of phosphoric ester groups is 1. The van der Waals surface area contributed by atoms with Gasteiger partial charge in [0.1, 0.15) is 23.6 Å². The summed E-state index contributed by atoms with van der Waals surface area (Å²) in [5.74, 6) is -0.639. The summed E-state index contributed by atoms with van der Waals surface area (Å²) in [6.45, 7) is 0.749. The number of nitrogens with one attached hydrogen (secondary N) is 1. The third kappa shape index (κ3) is 4.84. The molecule has 0 bridgehead atoms. The lowest BCUT2D eigenvalue weighted by atomic mass is 9.99. The molecule has 2 fully saturated rings. The lowest BCUT2D eigenvalue weighted by molar-refractivity contribution is -0.120. The monoisotopic (exact) mass is 506 g/mol. The maximum atomic E-state index is 14.3. The van der Waals surface area contributed by atoms with Gasteiger partial charge in [0.25, 0.3) is 5.56 Å². The Balaban J connectivity index is 1.48. The van der Waals surface area contributed by atoms with E-state index in [-0.39, 0.29) is 23.6 Å². The van der Waals surface area contributed by atoms with Crippen molar-refractivity contribution < 1.29 is 37.5 Å². The standard InChI is InChI=1S/C19H21ClFN2O9P/c1-19(16(26)15(25)17(31-19)23-6-4-14(24)22-18(23)27)9-30-33(28)29-7-5-13(32-33)11-3-2-10(20)8-12(11)21/h2-4,6,8,13,15-17,25-26H,5,7,9H2,1H3,(H,22,24,27)/t13-,15+,16-,17+,19+,33?/m0/s1. The molecule has 0 saturated carbocycles. The predicted molar refractivity (Wildman–Crippen MR) is 111 cm³/mol. The summed E-state index contributed by atoms with van der Waals surface area (Å²) >= 11 is 5.77. The number of benzene rings is 1. The van der Waals surface area contributed by atoms with Crippen LogP contribution in [0.4, 0.5) is 4.39 Å². The van der Waals surface area contributed by atoms with Crippen LogP contribution < -0.4 is 11.2 Å². The van der Waals surface area contributed by atoms with Gasteiger partial charge >= 0.3 is 13.5 Å². The maximum absolute atomic E-state index is 14.3. The Morgan fingerprint density at radius 2 is 2.12 bits per heavy atom. The van der Waals surface area contributed by atoms with Crippen LogP contribution in [0.25, 0.3) is 0 Å². The number of phosphoric acid groups is 1. The molecule has 3 heterocycles. The van der Waals surface area contributed by atoms with Crippen molar-refractivity contribution in [3.05, 3.63) is 67.7 Å². The molecule has 1 unspecified atom stereocenters. The van der Waals surface area contributed by atoms with Gasteiger partial charge in [0, 0.05) is 29.3 Å². The molecular formula is C19H21ClFN2O9P. The molecule has 3 N–H and O–H groups in total. The zero-order chi connectivity index (χ0) is 24.0. The quantitative estimate of drug-likeness (QED) is 0.514. The van der Waals surface area contributed by atoms with Gasteiger partial charge in [-0.25, -0.2) is 13.8 Å². The Bertz CT molecular complexity index is 1210. The molecule has 0 amide bonds. The molecule has 4 rings (SSSR count). The fraction of sp³-hybridized carbons (Fsp3) is 0.474. The van der Waals surface area contributed by atoms with Crippen LogP contribution in [0.3, 0.4) is 0 Å². The number of aliphatic hydroxyl groups is 2. The molecule has 6 atom stereocenters. The molecule has 1 aromatic carbocycles. The Hall–Kier alpha value is -1.89. The molecule has 2 aliphatic heterocycles. The predicted octanol–water partition coefficient (Wildman–Crippen LogP) is 1.64. The summed E-state index contributed by atoms with van der Waals surface area (Å²) in [5.41, 5.74) is -3.01. The summed E-state index contributed by atoms with van der Waals surface area (Å²) in [6.07, 6.45) is -4.12. The first-order valence-electron chi connectivity index (χ1n) is 9.89. The van der Waals surface area contributed by atoms with Crippen LogP contribution in [-0.4, -0.2) is 50.8 Å². The Morgan fingerprint density at radius 1 is 1.36 bits per heavy atom. The Morgan fingerprint density at radius 3 is 2.82 bits per heavy atom. The normalized spacial score (nSPS) is 34.5. The van der Waals surface area contributed by atoms with Crippen molar-refractivity contribution in [2.45, 2.75) is 43.5 Å². The summed E-state index contributed by atoms with van der Waals surface area (Å²) in [7, 11) is -4.20. The van der Waals surface area contributed by atoms with E-state index in [9.17, 15) is 28.8 Å². The van der Waals surface area contributed by atoms with Gasteiger partial charge in [-0.05, 0) is 19.1 Å². The van der Waals surface area contributed by atoms with Crippen molar-refractivity contribution in [1.29, 1.82) is 0 Å². The van der Waals surface area contributed by atoms with Gasteiger partial charge in [0.2, 0.25) is 0 Å². The largest absolute Gasteiger partial charge is 0.475 e. The second-order valence-corrected chi connectivity index (χ2v) is 9.93. The molecule has 2 aliphatic rings. The summed E-state index contributed by atoms with van der Waals surface area (Å²) < 4.78 is 49.8. The Kier molecular flexibility index (Phi) is 6.64. The minimum atomic E-state index is -4.20. The van der Waals surface area contributed by atoms with E-state index >= 15 is 0 Å². The Labute approximate surface area is 191 Å². The highest BCUT2D eigenvalue weighted by molar-refractivity contribution is 7.48. The number of nitrogens with zero attached hydrogens (tertiary/aromatic N) is 1. The van der Waals surface area contributed by atoms with Crippen molar-refractivity contribution in [3.63, 3.8) is 0 Å². The van der Waals surface area contributed by atoms with E-state index in [1.807, 2.05) is 4.98 Å². The van der Waals surface area contributed by atoms with Gasteiger partial charge in [0.05, 0.1) is 19.3 Å². The fourth-order valence-corrected chi connectivity index (χ4v) is 5.29. The summed E-state index contributed by atoms with van der Waals surface area (Å²) in [4.78, 5) is 25.3. The molecule has 2 saturated heterocycles. The number of hydrogen-bond donors (Lipinski definition) is 3. The van der Waals surface area contributed by atoms with Crippen LogP contribution >= 0.6 is 19.4 Å². The number of rotatable bonds is 5. The molecule has 33 heavy (non-hydrogen) atoms. The summed E-state index contributed by atoms with van der Waals surface area (Å²) in [5, 5.41) is 21.1. The van der Waals surface area contributed by atoms with Crippen molar-refractivity contribution >= 4 is 19.4 Å². The SMILES string of the molecule is C[C@]1(COP2(=O)OCC[C@@H](c3ccc(Cl)cc3F)O2)O[C@@H](n2ccc(=O)[nH]c2=O)[C@H](O)[C@@H]1O. The number of aliphatic hydroxyl groups excluding tert-OH is 2. The highest BCUT2D eigenvalue weighted by atomic mass is 35.5. The third-order valence-corrected chi connectivity index (χ3v) is 7.15. The zero-order valence-electron chi connectivity index (χ0n) is 17.2. The van der Waals surface area contributed by atoms with Crippen molar-refractivity contribution in [3.8, 4) is 0 Å². The molecular weight excluding hydrogens is 486 g/mol. The van der Waals surface area contributed by atoms with Gasteiger partial charge in [-0.3, -0.25) is 27.9 Å². The van der Waals surface area contributed by atoms with E-state index in [1.165, 1.54) is 19.1 Å². The molecule has 11 nitrogen and oxygen atoms in total. The van der Waals surface area contributed by atoms with Gasteiger partial charge in [-0.15, -0.1) is 0 Å². The van der Waals surface area contributed by atoms with Crippen LogP contribution in [0.15, 0.2) is 40.1 Å². The second-order valence-electron chi connectivity index (χ2n) is 7.88. The first-order chi connectivity index (χ1) is 15.5. The van der Waals surface area contributed by atoms with E-state index in [1.54, 1.807) is 0 Å². The summed E-state index contributed by atoms with van der Waals surface area (Å²) in [6, 6.07) is 5.03. The number of aromatic nitrogens is 2. The number of H-pyrrole nitrogens is 1. The molecule has 0 spiro atoms. The van der Waals surface area contributed by atoms with Crippen molar-refractivity contribution in [2.24, 2.45) is 0 Å². The first kappa shape index (κ1) is 24.2. The van der Waals surface area contributed by atoms with Crippen molar-refractivity contribution in [1.82, 2.24) is 9.55 Å². The van der Waals surface area contributed by atoms with Crippen molar-refractivity contribution in [2.75, 3.05) is 13.2 Å². The molecule has 180 valence electrons. The van der Waals surface area contributed by atoms with Gasteiger partial charge in [-0.2, -0.15) is 0 Å². The van der Waals surface area contributed by atoms with E-state index in [0.29, 0.717) is 0 Å². The molecule has 1 aromatic heterocycles. The topological polar surface area (TPSA) is 149 Å². The smallest absolute Gasteiger partial charge is 0.387 e. The molecule has 2 aromatic rings. The zero-order valence-corrected chi connectivity index (χ0v) is 18.9. The molecule has 14 heteroatoms. The molecule has 0 radical (unpaired) electrons. The second kappa shape index (κ2) is 9.05. The number of halogens is 2. The lowest BCUT2D eigenvalue weighted by Crippen LogP contribution is -2.44. The minimum absolute atomic E-state index is 0.0534. The number of ether oxygens (including phenoxy) is 1. The number of hydrogen-bond acceptors (Lipinski definition) is 9. The van der Waals surface area contributed by atoms with Crippen LogP contribution in [0.5, 0.6) is 0 Å². The molecule has 0 aliphatic carbocycles. The maximum Gasteiger partial charge on any atom is 0.475 e. The minimum Gasteiger partial charge on any atom is -0.387 e. The lowest BCUT2D eigenvalue weighted by Gasteiger charge is -2.32. The van der Waals surface area contributed by atoms with Crippen LogP contribution in [-0.2, 0) is 22.9 Å². The van der Waals surface area contributed by atoms with E-state index in [4.69, 9.17) is 29.9 Å². The van der Waals surface area contributed by atoms with E-state index in [2.05, 4.69) is 0 Å². The fourth-order valence-electron chi connectivity index (χ4n) is 3.66. The van der Waals surface area contributed by atoms with Crippen LogP contribution in [0.1, 0.15) is 31.2 Å². The number of aromatic amines is 1. The first-order valence-corrected chi connectivity index (χ1v) is 11.7. The third-order valence-electron chi connectivity index (χ3n) is 5.46. The average molecular weight is 507 g/mol. The van der Waals surface area contributed by atoms with Crippen LogP contribution in [0, 0.1) is 5.82 Å². The van der Waals surface area contributed by atoms with Gasteiger partial charge < -0.3 is 14.9 Å². The average Bonchev–Trinajstić information content (AvgIpc) is 2.97. The highest BCUT2D eigenvalue weighted by Crippen LogP contribution is 2.58.